The molecule has 5 nitrogen and oxygen atoms in total. The van der Waals surface area contributed by atoms with Crippen LogP contribution in [-0.2, 0) is 4.74 Å². The zero-order valence-electron chi connectivity index (χ0n) is 9.76. The molecule has 0 aromatic carbocycles. The van der Waals surface area contributed by atoms with Crippen LogP contribution in [0.5, 0.6) is 0 Å². The van der Waals surface area contributed by atoms with E-state index in [2.05, 4.69) is 11.8 Å². The third-order valence-electron chi connectivity index (χ3n) is 3.45. The fourth-order valence-corrected chi connectivity index (χ4v) is 2.58. The number of amides is 1. The van der Waals surface area contributed by atoms with Crippen molar-refractivity contribution in [2.45, 2.75) is 38.5 Å². The van der Waals surface area contributed by atoms with Gasteiger partial charge in [-0.3, -0.25) is 9.80 Å². The summed E-state index contributed by atoms with van der Waals surface area (Å²) in [5, 5.41) is 9.01. The zero-order valence-corrected chi connectivity index (χ0v) is 9.76. The molecule has 2 aliphatic rings. The van der Waals surface area contributed by atoms with E-state index in [0.717, 1.165) is 25.9 Å². The number of hydrogen-bond donors (Lipinski definition) is 1. The highest BCUT2D eigenvalue weighted by Gasteiger charge is 2.38. The van der Waals surface area contributed by atoms with Crippen molar-refractivity contribution >= 4 is 6.09 Å². The molecule has 5 heteroatoms. The molecular weight excluding hydrogens is 208 g/mol. The van der Waals surface area contributed by atoms with Crippen molar-refractivity contribution in [3.8, 4) is 0 Å². The molecule has 2 saturated heterocycles. The first kappa shape index (κ1) is 11.7. The number of cyclic esters (lactones) is 1. The number of nitrogens with zero attached hydrogens (tertiary/aromatic N) is 2. The Hall–Kier alpha value is -0.810. The predicted molar refractivity (Wildman–Crippen MR) is 58.9 cm³/mol. The Balaban J connectivity index is 2.02. The molecule has 2 atom stereocenters. The summed E-state index contributed by atoms with van der Waals surface area (Å²) in [6.45, 7) is 4.56. The summed E-state index contributed by atoms with van der Waals surface area (Å²) in [5.41, 5.74) is 0. The van der Waals surface area contributed by atoms with E-state index in [4.69, 9.17) is 9.84 Å². The summed E-state index contributed by atoms with van der Waals surface area (Å²) in [6.07, 6.45) is 2.94. The van der Waals surface area contributed by atoms with Crippen LogP contribution >= 0.6 is 0 Å². The number of ether oxygens (including phenoxy) is 1. The van der Waals surface area contributed by atoms with Crippen molar-refractivity contribution in [3.05, 3.63) is 0 Å². The molecule has 0 radical (unpaired) electrons. The van der Waals surface area contributed by atoms with E-state index in [9.17, 15) is 4.79 Å². The van der Waals surface area contributed by atoms with Gasteiger partial charge in [0, 0.05) is 6.54 Å². The van der Waals surface area contributed by atoms with Gasteiger partial charge in [0.05, 0.1) is 19.3 Å². The average Bonchev–Trinajstić information content (AvgIpc) is 2.70. The Kier molecular flexibility index (Phi) is 3.66. The van der Waals surface area contributed by atoms with Gasteiger partial charge in [-0.05, 0) is 25.8 Å². The third kappa shape index (κ3) is 2.15. The molecule has 16 heavy (non-hydrogen) atoms. The first-order valence-electron chi connectivity index (χ1n) is 6.08. The third-order valence-corrected chi connectivity index (χ3v) is 3.45. The van der Waals surface area contributed by atoms with Crippen LogP contribution in [0.4, 0.5) is 4.79 Å². The number of hydrogen-bond acceptors (Lipinski definition) is 4. The van der Waals surface area contributed by atoms with Gasteiger partial charge < -0.3 is 9.84 Å². The fraction of sp³-hybridized carbons (Fsp3) is 0.909. The Morgan fingerprint density at radius 2 is 2.31 bits per heavy atom. The maximum atomic E-state index is 11.7. The van der Waals surface area contributed by atoms with E-state index in [1.54, 1.807) is 4.90 Å². The van der Waals surface area contributed by atoms with E-state index < -0.39 is 0 Å². The molecule has 2 rings (SSSR count). The van der Waals surface area contributed by atoms with Crippen LogP contribution in [0.15, 0.2) is 0 Å². The topological polar surface area (TPSA) is 53.0 Å². The van der Waals surface area contributed by atoms with E-state index in [0.29, 0.717) is 6.54 Å². The lowest BCUT2D eigenvalue weighted by molar-refractivity contribution is 0.0457. The highest BCUT2D eigenvalue weighted by atomic mass is 16.6. The molecule has 0 aromatic rings. The van der Waals surface area contributed by atoms with Gasteiger partial charge in [0.2, 0.25) is 0 Å². The highest BCUT2D eigenvalue weighted by molar-refractivity contribution is 5.70. The molecule has 2 aliphatic heterocycles. The fourth-order valence-electron chi connectivity index (χ4n) is 2.58. The zero-order chi connectivity index (χ0) is 11.5. The first-order valence-corrected chi connectivity index (χ1v) is 6.08. The second kappa shape index (κ2) is 5.01. The normalized spacial score (nSPS) is 31.9. The van der Waals surface area contributed by atoms with Gasteiger partial charge >= 0.3 is 6.09 Å². The van der Waals surface area contributed by atoms with Gasteiger partial charge in [0.15, 0.2) is 0 Å². The first-order chi connectivity index (χ1) is 7.76. The maximum absolute atomic E-state index is 11.7. The summed E-state index contributed by atoms with van der Waals surface area (Å²) in [6, 6.07) is 0. The minimum Gasteiger partial charge on any atom is -0.442 e. The Morgan fingerprint density at radius 1 is 1.50 bits per heavy atom. The molecule has 1 unspecified atom stereocenters. The number of aliphatic hydroxyl groups is 1. The van der Waals surface area contributed by atoms with E-state index in [1.165, 1.54) is 6.42 Å². The van der Waals surface area contributed by atoms with Crippen LogP contribution in [-0.4, -0.2) is 59.5 Å². The lowest BCUT2D eigenvalue weighted by Crippen LogP contribution is -2.51. The predicted octanol–water partition coefficient (Wildman–Crippen LogP) is 0.631. The number of carbonyl (C=O) groups excluding carboxylic acids is 1. The number of piperidine rings is 1. The van der Waals surface area contributed by atoms with Crippen molar-refractivity contribution in [2.75, 3.05) is 26.2 Å². The molecule has 1 N–H and O–H groups in total. The molecule has 0 saturated carbocycles. The molecule has 2 heterocycles. The molecule has 92 valence electrons. The van der Waals surface area contributed by atoms with Crippen molar-refractivity contribution in [1.82, 2.24) is 9.80 Å². The van der Waals surface area contributed by atoms with E-state index >= 15 is 0 Å². The van der Waals surface area contributed by atoms with Crippen LogP contribution in [0.3, 0.4) is 0 Å². The molecule has 1 amide bonds. The monoisotopic (exact) mass is 228 g/mol. The summed E-state index contributed by atoms with van der Waals surface area (Å²) >= 11 is 0. The van der Waals surface area contributed by atoms with Gasteiger partial charge in [-0.15, -0.1) is 0 Å². The summed E-state index contributed by atoms with van der Waals surface area (Å²) in [7, 11) is 0. The minimum absolute atomic E-state index is 0.0823. The van der Waals surface area contributed by atoms with Crippen molar-refractivity contribution in [1.29, 1.82) is 0 Å². The highest BCUT2D eigenvalue weighted by Crippen LogP contribution is 2.24. The van der Waals surface area contributed by atoms with Gasteiger partial charge in [0.25, 0.3) is 0 Å². The second-order valence-corrected chi connectivity index (χ2v) is 4.45. The Labute approximate surface area is 96.0 Å². The van der Waals surface area contributed by atoms with Crippen LogP contribution in [0.2, 0.25) is 0 Å². The number of likely N-dealkylation sites (tertiary alicyclic amines) is 1. The smallest absolute Gasteiger partial charge is 0.411 e. The number of carbonyl (C=O) groups is 1. The van der Waals surface area contributed by atoms with E-state index in [-0.39, 0.29) is 25.0 Å². The van der Waals surface area contributed by atoms with E-state index in [1.807, 2.05) is 0 Å². The molecule has 0 aliphatic carbocycles. The number of rotatable bonds is 3. The Bertz CT molecular complexity index is 260. The summed E-state index contributed by atoms with van der Waals surface area (Å²) in [5.74, 6) is 0. The summed E-state index contributed by atoms with van der Waals surface area (Å²) in [4.78, 5) is 15.7. The average molecular weight is 228 g/mol. The standard InChI is InChI=1S/C11H20N2O3/c1-2-12-6-4-3-5-10(12)13-7-9(8-14)16-11(13)15/h9-10,14H,2-8H2,1H3/t9-,10?/m1/s1. The summed E-state index contributed by atoms with van der Waals surface area (Å²) < 4.78 is 5.08. The molecule has 0 aromatic heterocycles. The molecule has 2 fully saturated rings. The van der Waals surface area contributed by atoms with Crippen molar-refractivity contribution in [2.24, 2.45) is 0 Å². The molecular formula is C11H20N2O3. The number of aliphatic hydroxyl groups excluding tert-OH is 1. The minimum atomic E-state index is -0.340. The SMILES string of the molecule is CCN1CCCCC1N1C[C@H](CO)OC1=O. The Morgan fingerprint density at radius 3 is 2.94 bits per heavy atom. The van der Waals surface area contributed by atoms with Gasteiger partial charge in [-0.1, -0.05) is 6.92 Å². The van der Waals surface area contributed by atoms with Crippen LogP contribution < -0.4 is 0 Å². The lowest BCUT2D eigenvalue weighted by atomic mass is 10.1. The van der Waals surface area contributed by atoms with Crippen LogP contribution in [0.1, 0.15) is 26.2 Å². The van der Waals surface area contributed by atoms with Gasteiger partial charge in [0.1, 0.15) is 6.10 Å². The van der Waals surface area contributed by atoms with Gasteiger partial charge in [-0.2, -0.15) is 0 Å². The maximum Gasteiger partial charge on any atom is 0.411 e. The van der Waals surface area contributed by atoms with Crippen LogP contribution in [0, 0.1) is 0 Å². The van der Waals surface area contributed by atoms with Crippen LogP contribution in [0.25, 0.3) is 0 Å². The van der Waals surface area contributed by atoms with Gasteiger partial charge in [-0.25, -0.2) is 4.79 Å². The quantitative estimate of drug-likeness (QED) is 0.770. The lowest BCUT2D eigenvalue weighted by Gasteiger charge is -2.39. The molecule has 0 spiro atoms. The van der Waals surface area contributed by atoms with Crippen molar-refractivity contribution < 1.29 is 14.6 Å². The largest absolute Gasteiger partial charge is 0.442 e. The molecule has 0 bridgehead atoms. The second-order valence-electron chi connectivity index (χ2n) is 4.45. The van der Waals surface area contributed by atoms with Crippen molar-refractivity contribution in [3.63, 3.8) is 0 Å².